The minimum absolute atomic E-state index is 0.158. The fourth-order valence-corrected chi connectivity index (χ4v) is 2.74. The number of likely N-dealkylation sites (tertiary alicyclic amines) is 1. The van der Waals surface area contributed by atoms with Crippen molar-refractivity contribution in [1.82, 2.24) is 4.90 Å². The van der Waals surface area contributed by atoms with E-state index in [-0.39, 0.29) is 24.8 Å². The highest BCUT2D eigenvalue weighted by Crippen LogP contribution is 2.40. The number of hydrogen-bond donors (Lipinski definition) is 1. The molecule has 1 N–H and O–H groups in total. The van der Waals surface area contributed by atoms with Gasteiger partial charge in [-0.1, -0.05) is 37.3 Å². The molecule has 0 radical (unpaired) electrons. The van der Waals surface area contributed by atoms with Gasteiger partial charge in [0.25, 0.3) is 0 Å². The number of benzene rings is 1. The Bertz CT molecular complexity index is 522. The fraction of sp³-hybridized carbons (Fsp3) is 0.500. The van der Waals surface area contributed by atoms with Crippen LogP contribution in [0.3, 0.4) is 0 Å². The summed E-state index contributed by atoms with van der Waals surface area (Å²) in [5, 5.41) is 9.58. The Morgan fingerprint density at radius 3 is 2.40 bits per heavy atom. The molecule has 1 aliphatic rings. The van der Waals surface area contributed by atoms with E-state index in [0.29, 0.717) is 6.42 Å². The summed E-state index contributed by atoms with van der Waals surface area (Å²) in [7, 11) is 0. The maximum atomic E-state index is 12.8. The molecule has 0 bridgehead atoms. The minimum Gasteiger partial charge on any atom is -0.394 e. The fourth-order valence-electron chi connectivity index (χ4n) is 2.74. The Morgan fingerprint density at radius 1 is 1.30 bits per heavy atom. The van der Waals surface area contributed by atoms with E-state index in [9.17, 15) is 14.7 Å². The van der Waals surface area contributed by atoms with Crippen LogP contribution in [0, 0.1) is 0 Å². The van der Waals surface area contributed by atoms with Gasteiger partial charge < -0.3 is 5.11 Å². The summed E-state index contributed by atoms with van der Waals surface area (Å²) in [6.07, 6.45) is 0.692. The molecule has 1 aromatic carbocycles. The van der Waals surface area contributed by atoms with Gasteiger partial charge in [-0.2, -0.15) is 0 Å². The lowest BCUT2D eigenvalue weighted by Crippen LogP contribution is -2.53. The Kier molecular flexibility index (Phi) is 3.69. The molecule has 2 unspecified atom stereocenters. The van der Waals surface area contributed by atoms with Crippen molar-refractivity contribution in [1.29, 1.82) is 0 Å². The molecule has 2 rings (SSSR count). The standard InChI is InChI=1S/C16H21NO3/c1-4-15(2,11-18)17-13(19)10-16(3,14(17)20)12-8-6-5-7-9-12/h5-9,18H,4,10-11H2,1-3H3. The zero-order valence-corrected chi connectivity index (χ0v) is 12.2. The Labute approximate surface area is 119 Å². The van der Waals surface area contributed by atoms with Crippen molar-refractivity contribution in [3.8, 4) is 0 Å². The zero-order chi connectivity index (χ0) is 15.0. The van der Waals surface area contributed by atoms with E-state index in [1.54, 1.807) is 13.8 Å². The summed E-state index contributed by atoms with van der Waals surface area (Å²) in [6, 6.07) is 9.36. The van der Waals surface area contributed by atoms with Crippen LogP contribution < -0.4 is 0 Å². The van der Waals surface area contributed by atoms with Crippen molar-refractivity contribution >= 4 is 11.8 Å². The van der Waals surface area contributed by atoms with Crippen molar-refractivity contribution < 1.29 is 14.7 Å². The van der Waals surface area contributed by atoms with Crippen LogP contribution in [0.25, 0.3) is 0 Å². The molecule has 0 aliphatic carbocycles. The van der Waals surface area contributed by atoms with Gasteiger partial charge in [-0.05, 0) is 25.8 Å². The second-order valence-corrected chi connectivity index (χ2v) is 5.92. The molecule has 1 aromatic rings. The molecule has 108 valence electrons. The third-order valence-corrected chi connectivity index (χ3v) is 4.48. The van der Waals surface area contributed by atoms with Crippen molar-refractivity contribution in [2.24, 2.45) is 0 Å². The number of carbonyl (C=O) groups excluding carboxylic acids is 2. The van der Waals surface area contributed by atoms with Gasteiger partial charge in [0.2, 0.25) is 11.8 Å². The van der Waals surface area contributed by atoms with Gasteiger partial charge in [-0.25, -0.2) is 0 Å². The number of amides is 2. The highest BCUT2D eigenvalue weighted by Gasteiger charge is 2.54. The second-order valence-electron chi connectivity index (χ2n) is 5.92. The van der Waals surface area contributed by atoms with Crippen molar-refractivity contribution in [3.63, 3.8) is 0 Å². The maximum Gasteiger partial charge on any atom is 0.240 e. The van der Waals surface area contributed by atoms with Gasteiger partial charge in [-0.3, -0.25) is 14.5 Å². The molecule has 20 heavy (non-hydrogen) atoms. The summed E-state index contributed by atoms with van der Waals surface area (Å²) in [5.41, 5.74) is -0.803. The number of imide groups is 1. The molecule has 1 fully saturated rings. The van der Waals surface area contributed by atoms with Crippen LogP contribution in [0.4, 0.5) is 0 Å². The van der Waals surface area contributed by atoms with E-state index in [1.807, 2.05) is 37.3 Å². The highest BCUT2D eigenvalue weighted by molar-refractivity contribution is 6.09. The molecule has 0 saturated carbocycles. The molecule has 4 nitrogen and oxygen atoms in total. The van der Waals surface area contributed by atoms with Crippen molar-refractivity contribution in [3.05, 3.63) is 35.9 Å². The quantitative estimate of drug-likeness (QED) is 0.853. The summed E-state index contributed by atoms with van der Waals surface area (Å²) in [6.45, 7) is 5.20. The molecule has 2 atom stereocenters. The van der Waals surface area contributed by atoms with Crippen LogP contribution >= 0.6 is 0 Å². The van der Waals surface area contributed by atoms with E-state index < -0.39 is 11.0 Å². The number of carbonyl (C=O) groups is 2. The molecular formula is C16H21NO3. The van der Waals surface area contributed by atoms with Gasteiger partial charge in [0.15, 0.2) is 0 Å². The van der Waals surface area contributed by atoms with Gasteiger partial charge in [0.1, 0.15) is 0 Å². The van der Waals surface area contributed by atoms with Crippen LogP contribution in [0.2, 0.25) is 0 Å². The lowest BCUT2D eigenvalue weighted by atomic mass is 9.81. The topological polar surface area (TPSA) is 57.6 Å². The molecular weight excluding hydrogens is 254 g/mol. The number of aliphatic hydroxyl groups is 1. The van der Waals surface area contributed by atoms with E-state index in [1.165, 1.54) is 4.90 Å². The zero-order valence-electron chi connectivity index (χ0n) is 12.2. The van der Waals surface area contributed by atoms with Gasteiger partial charge in [0.05, 0.1) is 17.6 Å². The first kappa shape index (κ1) is 14.7. The predicted molar refractivity (Wildman–Crippen MR) is 76.0 cm³/mol. The first-order chi connectivity index (χ1) is 9.39. The summed E-state index contributed by atoms with van der Waals surface area (Å²) in [4.78, 5) is 26.4. The van der Waals surface area contributed by atoms with Crippen LogP contribution in [0.5, 0.6) is 0 Å². The largest absolute Gasteiger partial charge is 0.394 e. The summed E-state index contributed by atoms with van der Waals surface area (Å²) >= 11 is 0. The number of nitrogens with zero attached hydrogens (tertiary/aromatic N) is 1. The van der Waals surface area contributed by atoms with E-state index in [0.717, 1.165) is 5.56 Å². The maximum absolute atomic E-state index is 12.8. The molecule has 0 aromatic heterocycles. The van der Waals surface area contributed by atoms with Gasteiger partial charge in [0, 0.05) is 6.42 Å². The highest BCUT2D eigenvalue weighted by atomic mass is 16.3. The van der Waals surface area contributed by atoms with Crippen LogP contribution in [0.15, 0.2) is 30.3 Å². The number of aliphatic hydroxyl groups excluding tert-OH is 1. The summed E-state index contributed by atoms with van der Waals surface area (Å²) in [5.74, 6) is -0.424. The normalized spacial score (nSPS) is 25.9. The minimum atomic E-state index is -0.829. The smallest absolute Gasteiger partial charge is 0.240 e. The number of hydrogen-bond acceptors (Lipinski definition) is 3. The Hall–Kier alpha value is -1.68. The van der Waals surface area contributed by atoms with E-state index in [2.05, 4.69) is 0 Å². The Morgan fingerprint density at radius 2 is 1.90 bits per heavy atom. The molecule has 2 amide bonds. The molecule has 1 aliphatic heterocycles. The average molecular weight is 275 g/mol. The average Bonchev–Trinajstić information content (AvgIpc) is 2.71. The van der Waals surface area contributed by atoms with Gasteiger partial charge >= 0.3 is 0 Å². The van der Waals surface area contributed by atoms with Crippen molar-refractivity contribution in [2.75, 3.05) is 6.61 Å². The van der Waals surface area contributed by atoms with Crippen LogP contribution in [-0.4, -0.2) is 34.0 Å². The van der Waals surface area contributed by atoms with Crippen LogP contribution in [-0.2, 0) is 15.0 Å². The number of rotatable bonds is 4. The third kappa shape index (κ3) is 2.04. The molecule has 1 heterocycles. The molecule has 1 saturated heterocycles. The SMILES string of the molecule is CCC(C)(CO)N1C(=O)CC(C)(c2ccccc2)C1=O. The van der Waals surface area contributed by atoms with E-state index >= 15 is 0 Å². The predicted octanol–water partition coefficient (Wildman–Crippen LogP) is 1.86. The third-order valence-electron chi connectivity index (χ3n) is 4.48. The summed E-state index contributed by atoms with van der Waals surface area (Å²) < 4.78 is 0. The van der Waals surface area contributed by atoms with Crippen LogP contribution in [0.1, 0.15) is 39.2 Å². The first-order valence-electron chi connectivity index (χ1n) is 6.93. The molecule has 4 heteroatoms. The lowest BCUT2D eigenvalue weighted by molar-refractivity contribution is -0.148. The molecule has 0 spiro atoms. The monoisotopic (exact) mass is 275 g/mol. The van der Waals surface area contributed by atoms with E-state index in [4.69, 9.17) is 0 Å². The van der Waals surface area contributed by atoms with Gasteiger partial charge in [-0.15, -0.1) is 0 Å². The lowest BCUT2D eigenvalue weighted by Gasteiger charge is -2.36. The second kappa shape index (κ2) is 5.02. The van der Waals surface area contributed by atoms with Crippen molar-refractivity contribution in [2.45, 2.75) is 44.6 Å². The Balaban J connectivity index is 2.44. The first-order valence-corrected chi connectivity index (χ1v) is 6.93.